The third-order valence-electron chi connectivity index (χ3n) is 7.51. The molecule has 2 aromatic carbocycles. The maximum atomic E-state index is 12.6. The van der Waals surface area contributed by atoms with E-state index in [2.05, 4.69) is 34.8 Å². The minimum atomic E-state index is -0.976. The number of pyridine rings is 1. The number of likely N-dealkylation sites (N-methyl/N-ethyl adjacent to an activating group) is 1. The first-order valence-corrected chi connectivity index (χ1v) is 14.1. The molecule has 1 unspecified atom stereocenters. The molecule has 232 valence electrons. The van der Waals surface area contributed by atoms with Crippen molar-refractivity contribution in [1.82, 2.24) is 24.4 Å². The van der Waals surface area contributed by atoms with Crippen molar-refractivity contribution in [2.75, 3.05) is 31.1 Å². The number of fused-ring (bicyclic) bond motifs is 1. The van der Waals surface area contributed by atoms with E-state index >= 15 is 0 Å². The Morgan fingerprint density at radius 3 is 2.67 bits per heavy atom. The number of anilines is 1. The van der Waals surface area contributed by atoms with E-state index in [1.807, 2.05) is 29.7 Å². The molecule has 0 bridgehead atoms. The Morgan fingerprint density at radius 2 is 2.07 bits per heavy atom. The predicted octanol–water partition coefficient (Wildman–Crippen LogP) is 3.52. The van der Waals surface area contributed by atoms with Crippen LogP contribution in [0.4, 0.5) is 10.2 Å². The fraction of sp³-hybridized carbons (Fsp3) is 0.281. The number of aromatic carboxylic acids is 1. The van der Waals surface area contributed by atoms with Crippen LogP contribution >= 0.6 is 0 Å². The molecule has 11 nitrogen and oxygen atoms in total. The largest absolute Gasteiger partial charge is 2.00 e. The van der Waals surface area contributed by atoms with Gasteiger partial charge >= 0.3 is 37.1 Å². The Balaban J connectivity index is 0.000000429. The van der Waals surface area contributed by atoms with Crippen molar-refractivity contribution in [2.45, 2.75) is 33.0 Å². The van der Waals surface area contributed by atoms with Crippen LogP contribution in [0.5, 0.6) is 0 Å². The van der Waals surface area contributed by atoms with Gasteiger partial charge in [0, 0.05) is 55.6 Å². The molecule has 5 N–H and O–H groups in total. The van der Waals surface area contributed by atoms with E-state index in [4.69, 9.17) is 21.8 Å². The molecule has 0 saturated carbocycles. The van der Waals surface area contributed by atoms with Crippen LogP contribution in [0.3, 0.4) is 0 Å². The number of hydrogen-bond acceptors (Lipinski definition) is 9. The molecule has 4 aromatic rings. The number of hydrogen-bond donors (Lipinski definition) is 3. The summed E-state index contributed by atoms with van der Waals surface area (Å²) in [7, 11) is 0. The molecular formula is C32H36FN9O2U. The second-order valence-corrected chi connectivity index (χ2v) is 10.4. The maximum absolute atomic E-state index is 12.6. The van der Waals surface area contributed by atoms with E-state index in [-0.39, 0.29) is 42.7 Å². The average Bonchev–Trinajstić information content (AvgIpc) is 3.38. The second kappa shape index (κ2) is 16.3. The Morgan fingerprint density at radius 1 is 1.29 bits per heavy atom. The van der Waals surface area contributed by atoms with Crippen molar-refractivity contribution in [3.8, 4) is 6.07 Å². The van der Waals surface area contributed by atoms with Gasteiger partial charge in [0.15, 0.2) is 0 Å². The van der Waals surface area contributed by atoms with Crippen LogP contribution in [-0.2, 0) is 13.1 Å². The van der Waals surface area contributed by atoms with E-state index in [1.54, 1.807) is 29.3 Å². The van der Waals surface area contributed by atoms with Crippen LogP contribution < -0.4 is 16.5 Å². The molecule has 5 rings (SSSR count). The Bertz CT molecular complexity index is 1670. The maximum Gasteiger partial charge on any atom is 2.00 e. The fourth-order valence-corrected chi connectivity index (χ4v) is 4.94. The normalized spacial score (nSPS) is 15.0. The summed E-state index contributed by atoms with van der Waals surface area (Å²) in [5.74, 6) is 6.49. The molecule has 1 atom stereocenters. The molecule has 0 aliphatic carbocycles. The third kappa shape index (κ3) is 8.77. The Kier molecular flexibility index (Phi) is 12.8. The monoisotopic (exact) mass is 835 g/mol. The zero-order valence-electron chi connectivity index (χ0n) is 25.3. The number of nitrogens with two attached hydrogens (primary N) is 2. The van der Waals surface area contributed by atoms with Gasteiger partial charge in [0.25, 0.3) is 0 Å². The number of rotatable bonds is 8. The number of nitrogens with zero attached hydrogens (tertiary/aromatic N) is 7. The van der Waals surface area contributed by atoms with E-state index in [0.29, 0.717) is 30.8 Å². The summed E-state index contributed by atoms with van der Waals surface area (Å²) in [6.07, 6.45) is 4.40. The smallest absolute Gasteiger partial charge is 0.478 e. The van der Waals surface area contributed by atoms with Gasteiger partial charge in [-0.15, -0.1) is 12.1 Å². The molecule has 13 heteroatoms. The number of hydrazine groups is 1. The zero-order chi connectivity index (χ0) is 31.8. The van der Waals surface area contributed by atoms with E-state index in [9.17, 15) is 14.3 Å². The number of carboxylic acid groups (broad SMARTS) is 1. The summed E-state index contributed by atoms with van der Waals surface area (Å²) in [5.41, 5.74) is 8.95. The number of imidazole rings is 1. The first-order chi connectivity index (χ1) is 21.1. The molecule has 1 aliphatic rings. The molecule has 2 aromatic heterocycles. The number of piperazine rings is 1. The summed E-state index contributed by atoms with van der Waals surface area (Å²) in [6.45, 7) is 11.7. The van der Waals surface area contributed by atoms with Crippen LogP contribution in [0, 0.1) is 61.4 Å². The second-order valence-electron chi connectivity index (χ2n) is 10.4. The summed E-state index contributed by atoms with van der Waals surface area (Å²) in [6, 6.07) is 17.0. The molecule has 3 heterocycles. The van der Waals surface area contributed by atoms with Gasteiger partial charge in [-0.2, -0.15) is 35.9 Å². The molecule has 0 radical (unpaired) electrons. The van der Waals surface area contributed by atoms with Crippen molar-refractivity contribution in [3.05, 3.63) is 108 Å². The first-order valence-electron chi connectivity index (χ1n) is 14.1. The number of carbonyl (C=O) groups is 1. The molecule has 1 fully saturated rings. The van der Waals surface area contributed by atoms with Crippen LogP contribution in [-0.4, -0.2) is 67.7 Å². The first kappa shape index (κ1) is 35.4. The summed E-state index contributed by atoms with van der Waals surface area (Å²) >= 11 is 0. The van der Waals surface area contributed by atoms with Crippen molar-refractivity contribution >= 4 is 22.8 Å². The molecule has 45 heavy (non-hydrogen) atoms. The van der Waals surface area contributed by atoms with Gasteiger partial charge in [-0.3, -0.25) is 9.29 Å². The van der Waals surface area contributed by atoms with E-state index in [0.717, 1.165) is 48.0 Å². The molecule has 0 spiro atoms. The fourth-order valence-electron chi connectivity index (χ4n) is 4.94. The number of halogens is 1. The van der Waals surface area contributed by atoms with Gasteiger partial charge in [0.1, 0.15) is 5.82 Å². The standard InChI is InChI=1S/C24H31N8O2.C8H5FN.U/c1-3-32(26)19(13-25)15-31-21-12-18(24(33)34)7-8-20(21)28-23(31)16-29-10-11-30(14-17(29)2)22-6-4-5-9-27-22;1-6-2-3-7(5-10)4-8(6)9;/h4-8,12-13,17H,3,10-11,14-16,25-26H2,1-2H3,(H,33,34);2-4H,1H2;/q2*-1;+2/b19-13-;;. The SMILES string of the molecule is CCN(N)/C(=C\N)Cn1c(CN2CCN(c3ccc[c-]n3)CC2C)nc2ccc(C(=O)O)cc21.[CH2-]c1ccc(C#N)cc1F.[U+2]. The minimum Gasteiger partial charge on any atom is -0.478 e. The van der Waals surface area contributed by atoms with Gasteiger partial charge in [-0.1, -0.05) is 12.3 Å². The number of aromatic nitrogens is 3. The van der Waals surface area contributed by atoms with Gasteiger partial charge in [0.05, 0.1) is 41.5 Å². The Hall–Kier alpha value is -4.07. The van der Waals surface area contributed by atoms with Crippen LogP contribution in [0.1, 0.15) is 41.2 Å². The van der Waals surface area contributed by atoms with Crippen LogP contribution in [0.2, 0.25) is 0 Å². The zero-order valence-corrected chi connectivity index (χ0v) is 29.5. The number of carboxylic acids is 1. The molecule has 0 amide bonds. The molecule has 1 saturated heterocycles. The predicted molar refractivity (Wildman–Crippen MR) is 166 cm³/mol. The third-order valence-corrected chi connectivity index (χ3v) is 7.51. The number of allylic oxidation sites excluding steroid dienone is 1. The van der Waals surface area contributed by atoms with Gasteiger partial charge < -0.3 is 30.3 Å². The molecule has 1 aliphatic heterocycles. The van der Waals surface area contributed by atoms with Crippen molar-refractivity contribution in [2.24, 2.45) is 11.6 Å². The average molecular weight is 836 g/mol. The quantitative estimate of drug-likeness (QED) is 0.137. The number of nitriles is 1. The van der Waals surface area contributed by atoms with Gasteiger partial charge in [-0.05, 0) is 32.0 Å². The van der Waals surface area contributed by atoms with Crippen molar-refractivity contribution in [3.63, 3.8) is 0 Å². The molecular weight excluding hydrogens is 799 g/mol. The van der Waals surface area contributed by atoms with Crippen LogP contribution in [0.25, 0.3) is 11.0 Å². The van der Waals surface area contributed by atoms with E-state index in [1.165, 1.54) is 24.4 Å². The summed E-state index contributed by atoms with van der Waals surface area (Å²) in [4.78, 5) is 25.5. The van der Waals surface area contributed by atoms with Crippen molar-refractivity contribution < 1.29 is 45.4 Å². The summed E-state index contributed by atoms with van der Waals surface area (Å²) in [5, 5.41) is 19.4. The minimum absolute atomic E-state index is 0. The topological polar surface area (TPSA) is 154 Å². The van der Waals surface area contributed by atoms with Crippen molar-refractivity contribution in [1.29, 1.82) is 5.26 Å². The number of benzene rings is 2. The van der Waals surface area contributed by atoms with Crippen LogP contribution in [0.15, 0.2) is 66.5 Å². The van der Waals surface area contributed by atoms with E-state index < -0.39 is 11.8 Å². The van der Waals surface area contributed by atoms with Gasteiger partial charge in [0.2, 0.25) is 0 Å². The Labute approximate surface area is 286 Å². The summed E-state index contributed by atoms with van der Waals surface area (Å²) < 4.78 is 14.6. The van der Waals surface area contributed by atoms with Gasteiger partial charge in [-0.25, -0.2) is 15.6 Å².